The summed E-state index contributed by atoms with van der Waals surface area (Å²) in [6.07, 6.45) is 0. The van der Waals surface area contributed by atoms with Crippen molar-refractivity contribution in [3.05, 3.63) is 16.1 Å². The van der Waals surface area contributed by atoms with Gasteiger partial charge in [0.05, 0.1) is 17.2 Å². The molecule has 0 aromatic carbocycles. The Bertz CT molecular complexity index is 284. The summed E-state index contributed by atoms with van der Waals surface area (Å²) in [7, 11) is 2.17. The molecule has 0 bridgehead atoms. The number of hydrogen-bond acceptors (Lipinski definition) is 4. The van der Waals surface area contributed by atoms with E-state index >= 15 is 0 Å². The van der Waals surface area contributed by atoms with E-state index in [1.807, 2.05) is 5.51 Å². The number of aryl methyl sites for hydroxylation is 1. The van der Waals surface area contributed by atoms with Gasteiger partial charge in [-0.1, -0.05) is 0 Å². The summed E-state index contributed by atoms with van der Waals surface area (Å²) in [5, 5.41) is 3.40. The van der Waals surface area contributed by atoms with E-state index in [0.29, 0.717) is 6.04 Å². The Hall–Kier alpha value is -0.450. The standard InChI is InChI=1S/C9H15N3S/c1-7-9(11-6-13-7)8-5-10-3-4-12(8)2/h6,8,10H,3-5H2,1-2H3. The van der Waals surface area contributed by atoms with Crippen LogP contribution in [-0.4, -0.2) is 36.6 Å². The van der Waals surface area contributed by atoms with E-state index in [2.05, 4.69) is 29.2 Å². The number of aromatic nitrogens is 1. The van der Waals surface area contributed by atoms with E-state index in [0.717, 1.165) is 19.6 Å². The topological polar surface area (TPSA) is 28.2 Å². The summed E-state index contributed by atoms with van der Waals surface area (Å²) in [4.78, 5) is 8.15. The largest absolute Gasteiger partial charge is 0.313 e. The molecular formula is C9H15N3S. The van der Waals surface area contributed by atoms with Gasteiger partial charge in [0.2, 0.25) is 0 Å². The lowest BCUT2D eigenvalue weighted by Gasteiger charge is -2.32. The van der Waals surface area contributed by atoms with E-state index in [9.17, 15) is 0 Å². The highest BCUT2D eigenvalue weighted by atomic mass is 32.1. The van der Waals surface area contributed by atoms with Crippen LogP contribution in [0.3, 0.4) is 0 Å². The predicted molar refractivity (Wildman–Crippen MR) is 55.1 cm³/mol. The third-order valence-electron chi connectivity index (χ3n) is 2.61. The summed E-state index contributed by atoms with van der Waals surface area (Å²) in [5.41, 5.74) is 3.19. The molecule has 1 unspecified atom stereocenters. The minimum Gasteiger partial charge on any atom is -0.313 e. The first-order chi connectivity index (χ1) is 6.29. The van der Waals surface area contributed by atoms with Gasteiger partial charge in [-0.3, -0.25) is 4.90 Å². The van der Waals surface area contributed by atoms with Crippen LogP contribution in [0.2, 0.25) is 0 Å². The maximum absolute atomic E-state index is 4.43. The first-order valence-corrected chi connectivity index (χ1v) is 5.48. The molecule has 2 heterocycles. The third kappa shape index (κ3) is 1.75. The first-order valence-electron chi connectivity index (χ1n) is 4.60. The first kappa shape index (κ1) is 9.12. The Morgan fingerprint density at radius 1 is 1.69 bits per heavy atom. The van der Waals surface area contributed by atoms with Crippen LogP contribution in [0.15, 0.2) is 5.51 Å². The Kier molecular flexibility index (Phi) is 2.62. The zero-order valence-electron chi connectivity index (χ0n) is 8.08. The minimum atomic E-state index is 0.472. The van der Waals surface area contributed by atoms with Crippen molar-refractivity contribution in [1.29, 1.82) is 0 Å². The molecule has 0 amide bonds. The summed E-state index contributed by atoms with van der Waals surface area (Å²) in [6, 6.07) is 0.472. The van der Waals surface area contributed by atoms with E-state index in [1.165, 1.54) is 10.6 Å². The number of piperazine rings is 1. The van der Waals surface area contributed by atoms with E-state index in [1.54, 1.807) is 11.3 Å². The monoisotopic (exact) mass is 197 g/mol. The zero-order chi connectivity index (χ0) is 9.26. The second kappa shape index (κ2) is 3.74. The Morgan fingerprint density at radius 2 is 2.54 bits per heavy atom. The summed E-state index contributed by atoms with van der Waals surface area (Å²) in [6.45, 7) is 5.38. The summed E-state index contributed by atoms with van der Waals surface area (Å²) < 4.78 is 0. The number of nitrogens with zero attached hydrogens (tertiary/aromatic N) is 2. The number of rotatable bonds is 1. The van der Waals surface area contributed by atoms with Crippen LogP contribution in [0.4, 0.5) is 0 Å². The van der Waals surface area contributed by atoms with Crippen LogP contribution in [-0.2, 0) is 0 Å². The molecule has 0 aliphatic carbocycles. The van der Waals surface area contributed by atoms with Crippen LogP contribution in [0.1, 0.15) is 16.6 Å². The van der Waals surface area contributed by atoms with Gasteiger partial charge >= 0.3 is 0 Å². The predicted octanol–water partition coefficient (Wildman–Crippen LogP) is 1.03. The molecule has 13 heavy (non-hydrogen) atoms. The summed E-state index contributed by atoms with van der Waals surface area (Å²) >= 11 is 1.73. The highest BCUT2D eigenvalue weighted by molar-refractivity contribution is 7.09. The average molecular weight is 197 g/mol. The molecule has 1 aliphatic heterocycles. The normalized spacial score (nSPS) is 24.9. The fourth-order valence-corrected chi connectivity index (χ4v) is 2.38. The van der Waals surface area contributed by atoms with Crippen molar-refractivity contribution in [3.63, 3.8) is 0 Å². The molecule has 3 nitrogen and oxygen atoms in total. The van der Waals surface area contributed by atoms with Gasteiger partial charge < -0.3 is 5.32 Å². The summed E-state index contributed by atoms with van der Waals surface area (Å²) in [5.74, 6) is 0. The molecule has 0 saturated carbocycles. The van der Waals surface area contributed by atoms with Crippen LogP contribution >= 0.6 is 11.3 Å². The lowest BCUT2D eigenvalue weighted by atomic mass is 10.1. The molecule has 0 radical (unpaired) electrons. The Labute approximate surface area is 82.8 Å². The molecule has 1 atom stereocenters. The lowest BCUT2D eigenvalue weighted by Crippen LogP contribution is -2.44. The number of likely N-dealkylation sites (N-methyl/N-ethyl adjacent to an activating group) is 1. The van der Waals surface area contributed by atoms with Gasteiger partial charge in [0.25, 0.3) is 0 Å². The van der Waals surface area contributed by atoms with Crippen LogP contribution in [0.5, 0.6) is 0 Å². The molecule has 4 heteroatoms. The molecule has 1 aromatic rings. The highest BCUT2D eigenvalue weighted by Crippen LogP contribution is 2.24. The molecule has 0 spiro atoms. The maximum atomic E-state index is 4.43. The van der Waals surface area contributed by atoms with Gasteiger partial charge in [0, 0.05) is 24.5 Å². The number of nitrogens with one attached hydrogen (secondary N) is 1. The minimum absolute atomic E-state index is 0.472. The second-order valence-electron chi connectivity index (χ2n) is 3.49. The van der Waals surface area contributed by atoms with Crippen molar-refractivity contribution in [2.75, 3.05) is 26.7 Å². The Morgan fingerprint density at radius 3 is 3.15 bits per heavy atom. The van der Waals surface area contributed by atoms with Crippen LogP contribution in [0.25, 0.3) is 0 Å². The molecule has 1 N–H and O–H groups in total. The fourth-order valence-electron chi connectivity index (χ4n) is 1.75. The van der Waals surface area contributed by atoms with Crippen molar-refractivity contribution < 1.29 is 0 Å². The second-order valence-corrected chi connectivity index (χ2v) is 4.55. The van der Waals surface area contributed by atoms with Gasteiger partial charge in [-0.15, -0.1) is 11.3 Å². The average Bonchev–Trinajstić information content (AvgIpc) is 2.52. The van der Waals surface area contributed by atoms with E-state index in [4.69, 9.17) is 0 Å². The van der Waals surface area contributed by atoms with E-state index in [-0.39, 0.29) is 0 Å². The lowest BCUT2D eigenvalue weighted by molar-refractivity contribution is 0.198. The number of hydrogen-bond donors (Lipinski definition) is 1. The van der Waals surface area contributed by atoms with Crippen LogP contribution < -0.4 is 5.32 Å². The van der Waals surface area contributed by atoms with Gasteiger partial charge in [0.15, 0.2) is 0 Å². The molecule has 72 valence electrons. The molecular weight excluding hydrogens is 182 g/mol. The van der Waals surface area contributed by atoms with E-state index < -0.39 is 0 Å². The maximum Gasteiger partial charge on any atom is 0.0798 e. The van der Waals surface area contributed by atoms with Gasteiger partial charge in [0.1, 0.15) is 0 Å². The van der Waals surface area contributed by atoms with Crippen molar-refractivity contribution in [2.24, 2.45) is 0 Å². The molecule has 1 aromatic heterocycles. The molecule has 1 saturated heterocycles. The van der Waals surface area contributed by atoms with Crippen molar-refractivity contribution in [3.8, 4) is 0 Å². The molecule has 1 fully saturated rings. The van der Waals surface area contributed by atoms with Crippen molar-refractivity contribution in [2.45, 2.75) is 13.0 Å². The number of thiazole rings is 1. The molecule has 1 aliphatic rings. The SMILES string of the molecule is Cc1scnc1C1CNCCN1C. The Balaban J connectivity index is 2.19. The zero-order valence-corrected chi connectivity index (χ0v) is 8.90. The van der Waals surface area contributed by atoms with Gasteiger partial charge in [-0.25, -0.2) is 4.98 Å². The van der Waals surface area contributed by atoms with Gasteiger partial charge in [-0.05, 0) is 14.0 Å². The smallest absolute Gasteiger partial charge is 0.0798 e. The van der Waals surface area contributed by atoms with Crippen molar-refractivity contribution >= 4 is 11.3 Å². The quantitative estimate of drug-likeness (QED) is 0.729. The highest BCUT2D eigenvalue weighted by Gasteiger charge is 2.23. The van der Waals surface area contributed by atoms with Crippen molar-refractivity contribution in [1.82, 2.24) is 15.2 Å². The van der Waals surface area contributed by atoms with Crippen LogP contribution in [0, 0.1) is 6.92 Å². The third-order valence-corrected chi connectivity index (χ3v) is 3.38. The molecule has 2 rings (SSSR count). The fraction of sp³-hybridized carbons (Fsp3) is 0.667. The van der Waals surface area contributed by atoms with Gasteiger partial charge in [-0.2, -0.15) is 0 Å².